The first-order valence-electron chi connectivity index (χ1n) is 17.3. The third-order valence-electron chi connectivity index (χ3n) is 7.41. The lowest BCUT2D eigenvalue weighted by Gasteiger charge is -2.28. The number of aliphatic carboxylic acids is 1. The smallest absolute Gasteiger partial charge is 0.306 e. The van der Waals surface area contributed by atoms with E-state index in [1.165, 1.54) is 57.8 Å². The van der Waals surface area contributed by atoms with Gasteiger partial charge in [0, 0.05) is 19.3 Å². The van der Waals surface area contributed by atoms with Gasteiger partial charge in [-0.3, -0.25) is 18.9 Å². The fourth-order valence-corrected chi connectivity index (χ4v) is 5.35. The van der Waals surface area contributed by atoms with Crippen LogP contribution in [0.1, 0.15) is 142 Å². The van der Waals surface area contributed by atoms with Gasteiger partial charge in [0.25, 0.3) is 7.82 Å². The molecule has 0 saturated heterocycles. The Labute approximate surface area is 272 Å². The number of carbonyl (C=O) groups excluding carboxylic acids is 2. The SMILES string of the molecule is CCCCCCCCCCCCCCCC(=O)OC[C@H](COP(=O)([O-])OCC[N+](C)(C)C)OC(=O)CCCCCCCC(=O)O. The summed E-state index contributed by atoms with van der Waals surface area (Å²) in [7, 11) is 1.06. The zero-order chi connectivity index (χ0) is 33.8. The number of carboxylic acid groups (broad SMARTS) is 1. The number of quaternary nitrogens is 1. The Hall–Kier alpha value is -1.52. The molecular weight excluding hydrogens is 601 g/mol. The van der Waals surface area contributed by atoms with E-state index >= 15 is 0 Å². The topological polar surface area (TPSA) is 148 Å². The minimum Gasteiger partial charge on any atom is -0.756 e. The lowest BCUT2D eigenvalue weighted by molar-refractivity contribution is -0.870. The van der Waals surface area contributed by atoms with E-state index in [0.717, 1.165) is 38.5 Å². The summed E-state index contributed by atoms with van der Waals surface area (Å²) in [6.07, 6.45) is 18.5. The normalized spacial score (nSPS) is 13.7. The van der Waals surface area contributed by atoms with Crippen molar-refractivity contribution in [3.05, 3.63) is 0 Å². The number of esters is 2. The van der Waals surface area contributed by atoms with Crippen molar-refractivity contribution >= 4 is 25.7 Å². The highest BCUT2D eigenvalue weighted by Crippen LogP contribution is 2.38. The van der Waals surface area contributed by atoms with E-state index in [9.17, 15) is 23.8 Å². The van der Waals surface area contributed by atoms with Crippen molar-refractivity contribution in [3.63, 3.8) is 0 Å². The number of hydrogen-bond donors (Lipinski definition) is 1. The van der Waals surface area contributed by atoms with Gasteiger partial charge in [0.2, 0.25) is 0 Å². The Morgan fingerprint density at radius 1 is 0.667 bits per heavy atom. The van der Waals surface area contributed by atoms with Gasteiger partial charge in [0.1, 0.15) is 19.8 Å². The molecule has 1 N–H and O–H groups in total. The summed E-state index contributed by atoms with van der Waals surface area (Å²) in [4.78, 5) is 47.6. The van der Waals surface area contributed by atoms with Gasteiger partial charge < -0.3 is 33.0 Å². The zero-order valence-corrected chi connectivity index (χ0v) is 29.7. The summed E-state index contributed by atoms with van der Waals surface area (Å²) < 4.78 is 33.3. The molecule has 11 nitrogen and oxygen atoms in total. The number of carboxylic acids is 1. The van der Waals surface area contributed by atoms with Crippen molar-refractivity contribution in [2.75, 3.05) is 47.5 Å². The largest absolute Gasteiger partial charge is 0.756 e. The molecule has 0 aromatic heterocycles. The van der Waals surface area contributed by atoms with Gasteiger partial charge in [-0.2, -0.15) is 0 Å². The molecule has 0 amide bonds. The monoisotopic (exact) mass is 665 g/mol. The van der Waals surface area contributed by atoms with E-state index in [2.05, 4.69) is 6.92 Å². The van der Waals surface area contributed by atoms with Crippen molar-refractivity contribution in [2.45, 2.75) is 148 Å². The molecule has 0 aliphatic rings. The van der Waals surface area contributed by atoms with Crippen LogP contribution in [0.15, 0.2) is 0 Å². The number of phosphoric ester groups is 1. The first-order chi connectivity index (χ1) is 21.3. The molecule has 1 unspecified atom stereocenters. The van der Waals surface area contributed by atoms with Crippen molar-refractivity contribution in [3.8, 4) is 0 Å². The molecule has 0 aliphatic carbocycles. The number of nitrogens with zero attached hydrogens (tertiary/aromatic N) is 1. The number of carbonyl (C=O) groups is 3. The van der Waals surface area contributed by atoms with Gasteiger partial charge in [-0.05, 0) is 19.3 Å². The van der Waals surface area contributed by atoms with E-state index in [4.69, 9.17) is 23.6 Å². The summed E-state index contributed by atoms with van der Waals surface area (Å²) in [6, 6.07) is 0. The van der Waals surface area contributed by atoms with Gasteiger partial charge >= 0.3 is 17.9 Å². The molecule has 0 saturated carbocycles. The van der Waals surface area contributed by atoms with Crippen LogP contribution in [-0.2, 0) is 37.5 Å². The highest BCUT2D eigenvalue weighted by Gasteiger charge is 2.21. The number of likely N-dealkylation sites (N-methyl/N-ethyl adjacent to an activating group) is 1. The summed E-state index contributed by atoms with van der Waals surface area (Å²) >= 11 is 0. The molecule has 0 aliphatic heterocycles. The molecule has 12 heteroatoms. The highest BCUT2D eigenvalue weighted by atomic mass is 31.2. The maximum absolute atomic E-state index is 12.4. The predicted molar refractivity (Wildman–Crippen MR) is 174 cm³/mol. The first kappa shape index (κ1) is 43.5. The number of ether oxygens (including phenoxy) is 2. The summed E-state index contributed by atoms with van der Waals surface area (Å²) in [6.45, 7) is 1.80. The number of rotatable bonds is 32. The second-order valence-corrected chi connectivity index (χ2v) is 14.4. The minimum absolute atomic E-state index is 0.0602. The Kier molecular flexibility index (Phi) is 26.6. The maximum atomic E-state index is 12.4. The average Bonchev–Trinajstić information content (AvgIpc) is 2.95. The van der Waals surface area contributed by atoms with Crippen LogP contribution >= 0.6 is 7.82 Å². The molecule has 0 aromatic rings. The second-order valence-electron chi connectivity index (χ2n) is 13.0. The lowest BCUT2D eigenvalue weighted by atomic mass is 10.0. The molecule has 2 atom stereocenters. The predicted octanol–water partition coefficient (Wildman–Crippen LogP) is 6.95. The molecule has 0 aromatic carbocycles. The standard InChI is InChI=1S/C33H64NO10P/c1-5-6-7-8-9-10-11-12-13-14-15-18-21-24-32(37)41-28-30(29-43-45(39,40)42-27-26-34(2,3)4)44-33(38)25-22-19-16-17-20-23-31(35)36/h30H,5-29H2,1-4H3,(H-,35,36,39,40)/t30-/m1/s1. The fourth-order valence-electron chi connectivity index (χ4n) is 4.62. The zero-order valence-electron chi connectivity index (χ0n) is 28.8. The molecule has 266 valence electrons. The van der Waals surface area contributed by atoms with E-state index in [-0.39, 0.29) is 32.5 Å². The van der Waals surface area contributed by atoms with Gasteiger partial charge in [-0.25, -0.2) is 0 Å². The van der Waals surface area contributed by atoms with E-state index in [1.807, 2.05) is 21.1 Å². The molecule has 0 bridgehead atoms. The van der Waals surface area contributed by atoms with Crippen LogP contribution in [-0.4, -0.2) is 81.1 Å². The third kappa shape index (κ3) is 32.2. The van der Waals surface area contributed by atoms with E-state index in [0.29, 0.717) is 30.3 Å². The third-order valence-corrected chi connectivity index (χ3v) is 8.38. The molecule has 0 spiro atoms. The van der Waals surface area contributed by atoms with Gasteiger partial charge in [-0.15, -0.1) is 0 Å². The summed E-state index contributed by atoms with van der Waals surface area (Å²) in [5.74, 6) is -1.79. The van der Waals surface area contributed by atoms with E-state index < -0.39 is 38.4 Å². The minimum atomic E-state index is -4.64. The van der Waals surface area contributed by atoms with Crippen LogP contribution in [0, 0.1) is 0 Å². The van der Waals surface area contributed by atoms with Crippen molar-refractivity contribution in [2.24, 2.45) is 0 Å². The fraction of sp³-hybridized carbons (Fsp3) is 0.909. The van der Waals surface area contributed by atoms with Gasteiger partial charge in [0.05, 0.1) is 27.7 Å². The Morgan fingerprint density at radius 2 is 1.11 bits per heavy atom. The molecular formula is C33H64NO10P. The van der Waals surface area contributed by atoms with Crippen LogP contribution in [0.2, 0.25) is 0 Å². The van der Waals surface area contributed by atoms with Crippen LogP contribution < -0.4 is 4.89 Å². The molecule has 0 rings (SSSR count). The van der Waals surface area contributed by atoms with Crippen LogP contribution in [0.5, 0.6) is 0 Å². The first-order valence-corrected chi connectivity index (χ1v) is 18.8. The number of phosphoric acid groups is 1. The number of unbranched alkanes of at least 4 members (excludes halogenated alkanes) is 16. The average molecular weight is 666 g/mol. The van der Waals surface area contributed by atoms with Gasteiger partial charge in [0.15, 0.2) is 6.10 Å². The molecule has 0 fully saturated rings. The molecule has 45 heavy (non-hydrogen) atoms. The highest BCUT2D eigenvalue weighted by molar-refractivity contribution is 7.45. The second kappa shape index (κ2) is 27.6. The van der Waals surface area contributed by atoms with Crippen LogP contribution in [0.25, 0.3) is 0 Å². The van der Waals surface area contributed by atoms with Crippen molar-refractivity contribution < 1.29 is 52.0 Å². The Balaban J connectivity index is 4.42. The van der Waals surface area contributed by atoms with E-state index in [1.54, 1.807) is 0 Å². The van der Waals surface area contributed by atoms with Crippen molar-refractivity contribution in [1.29, 1.82) is 0 Å². The van der Waals surface area contributed by atoms with Gasteiger partial charge in [-0.1, -0.05) is 103 Å². The Bertz CT molecular complexity index is 818. The summed E-state index contributed by atoms with van der Waals surface area (Å²) in [5, 5.41) is 8.70. The number of hydrogen-bond acceptors (Lipinski definition) is 9. The maximum Gasteiger partial charge on any atom is 0.306 e. The van der Waals surface area contributed by atoms with Crippen molar-refractivity contribution in [1.82, 2.24) is 0 Å². The van der Waals surface area contributed by atoms with Crippen LogP contribution in [0.3, 0.4) is 0 Å². The quantitative estimate of drug-likeness (QED) is 0.0346. The lowest BCUT2D eigenvalue weighted by Crippen LogP contribution is -2.37. The Morgan fingerprint density at radius 3 is 1.58 bits per heavy atom. The van der Waals surface area contributed by atoms with Crippen LogP contribution in [0.4, 0.5) is 0 Å². The molecule has 0 heterocycles. The summed E-state index contributed by atoms with van der Waals surface area (Å²) in [5.41, 5.74) is 0. The molecule has 0 radical (unpaired) electrons.